The second kappa shape index (κ2) is 10.3. The van der Waals surface area contributed by atoms with Crippen LogP contribution in [0.3, 0.4) is 0 Å². The Balaban J connectivity index is 0.00000225. The first-order valence-electron chi connectivity index (χ1n) is 8.97. The molecule has 1 fully saturated rings. The number of nitrogens with one attached hydrogen (secondary N) is 3. The van der Waals surface area contributed by atoms with Gasteiger partial charge in [0.15, 0.2) is 5.96 Å². The van der Waals surface area contributed by atoms with E-state index in [0.29, 0.717) is 5.25 Å². The molecule has 0 saturated carbocycles. The molecule has 0 aliphatic carbocycles. The fraction of sp³-hybridized carbons (Fsp3) is 0.526. The summed E-state index contributed by atoms with van der Waals surface area (Å²) in [6.45, 7) is 7.01. The molecule has 2 aromatic rings. The molecule has 2 heterocycles. The van der Waals surface area contributed by atoms with Crippen molar-refractivity contribution in [3.63, 3.8) is 0 Å². The lowest BCUT2D eigenvalue weighted by molar-refractivity contribution is 0.761. The van der Waals surface area contributed by atoms with Crippen LogP contribution in [-0.2, 0) is 6.42 Å². The van der Waals surface area contributed by atoms with Gasteiger partial charge in [-0.25, -0.2) is 0 Å². The topological polar surface area (TPSA) is 52.2 Å². The molecule has 1 saturated heterocycles. The number of rotatable bonds is 6. The van der Waals surface area contributed by atoms with Crippen molar-refractivity contribution in [2.75, 3.05) is 25.4 Å². The Bertz CT molecular complexity index is 692. The van der Waals surface area contributed by atoms with Crippen molar-refractivity contribution in [3.8, 4) is 0 Å². The van der Waals surface area contributed by atoms with Crippen molar-refractivity contribution in [2.45, 2.75) is 38.4 Å². The summed E-state index contributed by atoms with van der Waals surface area (Å²) in [7, 11) is 0. The van der Waals surface area contributed by atoms with Crippen LogP contribution in [0.2, 0.25) is 0 Å². The third-order valence-electron chi connectivity index (χ3n) is 4.50. The van der Waals surface area contributed by atoms with Crippen molar-refractivity contribution in [2.24, 2.45) is 4.99 Å². The first kappa shape index (κ1) is 20.4. The summed E-state index contributed by atoms with van der Waals surface area (Å²) in [5, 5.41) is 8.91. The van der Waals surface area contributed by atoms with Gasteiger partial charge >= 0.3 is 0 Å². The molecule has 0 spiro atoms. The van der Waals surface area contributed by atoms with Gasteiger partial charge in [-0.05, 0) is 56.1 Å². The van der Waals surface area contributed by atoms with Crippen LogP contribution >= 0.6 is 35.7 Å². The third kappa shape index (κ3) is 5.54. The van der Waals surface area contributed by atoms with Gasteiger partial charge in [-0.15, -0.1) is 24.0 Å². The molecule has 0 bridgehead atoms. The van der Waals surface area contributed by atoms with Crippen LogP contribution in [0, 0.1) is 6.92 Å². The summed E-state index contributed by atoms with van der Waals surface area (Å²) in [6, 6.07) is 6.43. The number of fused-ring (bicyclic) bond motifs is 1. The van der Waals surface area contributed by atoms with Gasteiger partial charge in [-0.2, -0.15) is 11.8 Å². The smallest absolute Gasteiger partial charge is 0.191 e. The van der Waals surface area contributed by atoms with Crippen LogP contribution in [0.1, 0.15) is 30.9 Å². The van der Waals surface area contributed by atoms with Crippen LogP contribution in [-0.4, -0.2) is 41.6 Å². The number of halogens is 1. The maximum atomic E-state index is 4.76. The maximum absolute atomic E-state index is 4.76. The van der Waals surface area contributed by atoms with Gasteiger partial charge in [-0.3, -0.25) is 4.99 Å². The Morgan fingerprint density at radius 3 is 3.00 bits per heavy atom. The van der Waals surface area contributed by atoms with E-state index in [-0.39, 0.29) is 24.0 Å². The Labute approximate surface area is 172 Å². The number of hydrogen-bond acceptors (Lipinski definition) is 2. The quantitative estimate of drug-likeness (QED) is 0.337. The van der Waals surface area contributed by atoms with E-state index in [2.05, 4.69) is 65.6 Å². The number of aliphatic imine (C=N–C) groups is 1. The zero-order chi connectivity index (χ0) is 16.8. The number of benzene rings is 1. The number of nitrogens with zero attached hydrogens (tertiary/aromatic N) is 1. The van der Waals surface area contributed by atoms with Gasteiger partial charge in [0.25, 0.3) is 0 Å². The maximum Gasteiger partial charge on any atom is 0.191 e. The monoisotopic (exact) mass is 472 g/mol. The number of hydrogen-bond donors (Lipinski definition) is 3. The number of thioether (sulfide) groups is 1. The lowest BCUT2D eigenvalue weighted by Crippen LogP contribution is -2.38. The number of aromatic amines is 1. The van der Waals surface area contributed by atoms with Crippen LogP contribution in [0.25, 0.3) is 10.9 Å². The minimum atomic E-state index is 0. The first-order chi connectivity index (χ1) is 11.8. The summed E-state index contributed by atoms with van der Waals surface area (Å²) in [6.07, 6.45) is 5.78. The lowest BCUT2D eigenvalue weighted by atomic mass is 10.1. The highest BCUT2D eigenvalue weighted by Crippen LogP contribution is 2.26. The van der Waals surface area contributed by atoms with E-state index >= 15 is 0 Å². The van der Waals surface area contributed by atoms with E-state index in [1.54, 1.807) is 0 Å². The average molecular weight is 472 g/mol. The SMILES string of the molecule is CCNC(=NCC1CCCS1)NCCc1c[nH]c2cccc(C)c12.I. The second-order valence-electron chi connectivity index (χ2n) is 6.34. The molecule has 25 heavy (non-hydrogen) atoms. The fourth-order valence-corrected chi connectivity index (χ4v) is 4.47. The molecule has 1 atom stereocenters. The Kier molecular flexibility index (Phi) is 8.42. The molecule has 0 radical (unpaired) electrons. The molecular formula is C19H29IN4S. The number of aryl methyl sites for hydroxylation is 1. The normalized spacial score (nSPS) is 17.5. The molecule has 1 aromatic heterocycles. The van der Waals surface area contributed by atoms with E-state index in [4.69, 9.17) is 4.99 Å². The van der Waals surface area contributed by atoms with E-state index in [1.165, 1.54) is 40.6 Å². The van der Waals surface area contributed by atoms with Crippen molar-refractivity contribution in [1.29, 1.82) is 0 Å². The summed E-state index contributed by atoms with van der Waals surface area (Å²) in [5.74, 6) is 2.24. The zero-order valence-electron chi connectivity index (χ0n) is 15.1. The first-order valence-corrected chi connectivity index (χ1v) is 10.0. The van der Waals surface area contributed by atoms with Crippen LogP contribution in [0.15, 0.2) is 29.4 Å². The number of H-pyrrole nitrogens is 1. The minimum Gasteiger partial charge on any atom is -0.361 e. The highest BCUT2D eigenvalue weighted by Gasteiger charge is 2.15. The van der Waals surface area contributed by atoms with Gasteiger partial charge < -0.3 is 15.6 Å². The fourth-order valence-electron chi connectivity index (χ4n) is 3.29. The third-order valence-corrected chi connectivity index (χ3v) is 5.88. The Hall–Kier alpha value is -0.890. The molecule has 3 rings (SSSR count). The van der Waals surface area contributed by atoms with Gasteiger partial charge in [0.05, 0.1) is 6.54 Å². The number of guanidine groups is 1. The average Bonchev–Trinajstić information content (AvgIpc) is 3.23. The molecule has 1 aromatic carbocycles. The van der Waals surface area contributed by atoms with Crippen LogP contribution in [0.4, 0.5) is 0 Å². The zero-order valence-corrected chi connectivity index (χ0v) is 18.2. The van der Waals surface area contributed by atoms with Crippen molar-refractivity contribution in [3.05, 3.63) is 35.5 Å². The van der Waals surface area contributed by atoms with Crippen LogP contribution < -0.4 is 10.6 Å². The predicted molar refractivity (Wildman–Crippen MR) is 122 cm³/mol. The van der Waals surface area contributed by atoms with Crippen molar-refractivity contribution in [1.82, 2.24) is 15.6 Å². The molecule has 0 amide bonds. The summed E-state index contributed by atoms with van der Waals surface area (Å²) in [5.41, 5.74) is 3.93. The standard InChI is InChI=1S/C19H28N4S.HI/c1-3-20-19(23-13-16-7-5-11-24-16)21-10-9-15-12-22-17-8-4-6-14(2)18(15)17;/h4,6,8,12,16,22H,3,5,7,9-11,13H2,1-2H3,(H2,20,21,23);1H. The van der Waals surface area contributed by atoms with E-state index < -0.39 is 0 Å². The molecule has 1 aliphatic rings. The predicted octanol–water partition coefficient (Wildman–Crippen LogP) is 4.09. The highest BCUT2D eigenvalue weighted by atomic mass is 127. The van der Waals surface area contributed by atoms with Gasteiger partial charge in [0.1, 0.15) is 0 Å². The van der Waals surface area contributed by atoms with E-state index in [1.807, 2.05) is 0 Å². The highest BCUT2D eigenvalue weighted by molar-refractivity contribution is 14.0. The minimum absolute atomic E-state index is 0. The Morgan fingerprint density at radius 2 is 2.24 bits per heavy atom. The molecule has 1 aliphatic heterocycles. The largest absolute Gasteiger partial charge is 0.361 e. The van der Waals surface area contributed by atoms with Crippen molar-refractivity contribution < 1.29 is 0 Å². The summed E-state index contributed by atoms with van der Waals surface area (Å²) >= 11 is 2.06. The molecule has 1 unspecified atom stereocenters. The van der Waals surface area contributed by atoms with E-state index in [0.717, 1.165) is 32.0 Å². The van der Waals surface area contributed by atoms with Gasteiger partial charge in [0.2, 0.25) is 0 Å². The molecule has 138 valence electrons. The van der Waals surface area contributed by atoms with Gasteiger partial charge in [0, 0.05) is 35.4 Å². The van der Waals surface area contributed by atoms with Crippen LogP contribution in [0.5, 0.6) is 0 Å². The molecule has 4 nitrogen and oxygen atoms in total. The number of aromatic nitrogens is 1. The molecule has 6 heteroatoms. The van der Waals surface area contributed by atoms with Crippen molar-refractivity contribution >= 4 is 52.6 Å². The summed E-state index contributed by atoms with van der Waals surface area (Å²) < 4.78 is 0. The van der Waals surface area contributed by atoms with Gasteiger partial charge in [-0.1, -0.05) is 12.1 Å². The van der Waals surface area contributed by atoms with E-state index in [9.17, 15) is 0 Å². The molecule has 3 N–H and O–H groups in total. The summed E-state index contributed by atoms with van der Waals surface area (Å²) in [4.78, 5) is 8.14. The molecular weight excluding hydrogens is 443 g/mol. The second-order valence-corrected chi connectivity index (χ2v) is 7.75. The lowest BCUT2D eigenvalue weighted by Gasteiger charge is -2.12. The Morgan fingerprint density at radius 1 is 1.36 bits per heavy atom.